The van der Waals surface area contributed by atoms with Crippen molar-refractivity contribution in [3.8, 4) is 0 Å². The number of carbonyl (C=O) groups is 1. The van der Waals surface area contributed by atoms with Gasteiger partial charge < -0.3 is 10.3 Å². The molecule has 0 radical (unpaired) electrons. The lowest BCUT2D eigenvalue weighted by atomic mass is 10.2. The number of hydrogen-bond donors (Lipinski definition) is 2. The second-order valence-corrected chi connectivity index (χ2v) is 4.16. The number of hydrogen-bond acceptors (Lipinski definition) is 4. The van der Waals surface area contributed by atoms with Crippen LogP contribution in [0.15, 0.2) is 53.7 Å². The third-order valence-corrected chi connectivity index (χ3v) is 2.76. The van der Waals surface area contributed by atoms with E-state index in [4.69, 9.17) is 0 Å². The molecule has 0 spiro atoms. The highest BCUT2D eigenvalue weighted by Gasteiger charge is 2.07. The predicted octanol–water partition coefficient (Wildman–Crippen LogP) is 1.57. The van der Waals surface area contributed by atoms with Gasteiger partial charge in [-0.25, -0.2) is 0 Å². The molecule has 0 fully saturated rings. The van der Waals surface area contributed by atoms with Gasteiger partial charge in [0.05, 0.1) is 11.0 Å². The number of pyridine rings is 1. The molecule has 6 nitrogen and oxygen atoms in total. The van der Waals surface area contributed by atoms with Crippen LogP contribution in [0, 0.1) is 0 Å². The van der Waals surface area contributed by atoms with Gasteiger partial charge in [0.25, 0.3) is 5.91 Å². The zero-order valence-electron chi connectivity index (χ0n) is 10.3. The summed E-state index contributed by atoms with van der Waals surface area (Å²) >= 11 is 0. The summed E-state index contributed by atoms with van der Waals surface area (Å²) in [5.41, 5.74) is 2.02. The summed E-state index contributed by atoms with van der Waals surface area (Å²) in [5, 5.41) is 2.72. The number of anilines is 1. The largest absolute Gasteiger partial charge is 0.329 e. The Kier molecular flexibility index (Phi) is 2.96. The first-order valence-corrected chi connectivity index (χ1v) is 5.93. The van der Waals surface area contributed by atoms with E-state index in [0.29, 0.717) is 16.8 Å². The number of aromatic nitrogens is 3. The van der Waals surface area contributed by atoms with E-state index in [1.165, 1.54) is 18.3 Å². The van der Waals surface area contributed by atoms with Crippen LogP contribution in [-0.4, -0.2) is 20.9 Å². The minimum absolute atomic E-state index is 0.299. The van der Waals surface area contributed by atoms with E-state index in [2.05, 4.69) is 20.3 Å². The Morgan fingerprint density at radius 1 is 1.05 bits per heavy atom. The molecule has 6 heteroatoms. The number of amides is 1. The average Bonchev–Trinajstić information content (AvgIpc) is 2.47. The first kappa shape index (κ1) is 12.0. The van der Waals surface area contributed by atoms with Crippen LogP contribution in [0.3, 0.4) is 0 Å². The molecule has 3 rings (SSSR count). The molecule has 3 aromatic rings. The van der Waals surface area contributed by atoms with Crippen molar-refractivity contribution in [1.29, 1.82) is 0 Å². The van der Waals surface area contributed by atoms with Crippen molar-refractivity contribution in [2.24, 2.45) is 0 Å². The number of aromatic amines is 1. The van der Waals surface area contributed by atoms with Crippen molar-refractivity contribution in [1.82, 2.24) is 15.0 Å². The zero-order chi connectivity index (χ0) is 13.9. The number of nitrogens with zero attached hydrogens (tertiary/aromatic N) is 2. The third-order valence-electron chi connectivity index (χ3n) is 2.76. The molecule has 0 aliphatic carbocycles. The number of benzene rings is 1. The Balaban J connectivity index is 1.89. The van der Waals surface area contributed by atoms with Crippen molar-refractivity contribution in [2.45, 2.75) is 0 Å². The Hall–Kier alpha value is -3.02. The Morgan fingerprint density at radius 2 is 1.85 bits per heavy atom. The SMILES string of the molecule is O=C(Nc1ccc2nccnc2c1)c1cc[nH]c(=O)c1. The maximum atomic E-state index is 12.0. The molecule has 0 atom stereocenters. The van der Waals surface area contributed by atoms with Gasteiger partial charge in [-0.1, -0.05) is 0 Å². The maximum Gasteiger partial charge on any atom is 0.255 e. The number of fused-ring (bicyclic) bond motifs is 1. The molecule has 2 aromatic heterocycles. The summed E-state index contributed by atoms with van der Waals surface area (Å²) in [6.45, 7) is 0. The number of H-pyrrole nitrogens is 1. The lowest BCUT2D eigenvalue weighted by Gasteiger charge is -2.05. The molecular weight excluding hydrogens is 256 g/mol. The summed E-state index contributed by atoms with van der Waals surface area (Å²) in [6, 6.07) is 8.03. The van der Waals surface area contributed by atoms with Gasteiger partial charge in [-0.05, 0) is 24.3 Å². The summed E-state index contributed by atoms with van der Waals surface area (Å²) in [6.07, 6.45) is 4.63. The van der Waals surface area contributed by atoms with Gasteiger partial charge in [0.1, 0.15) is 0 Å². The standard InChI is InChI=1S/C14H10N4O2/c19-13-7-9(3-4-17-13)14(20)18-10-1-2-11-12(8-10)16-6-5-15-11/h1-8H,(H,17,19)(H,18,20). The van der Waals surface area contributed by atoms with Gasteiger partial charge in [0.2, 0.25) is 5.56 Å². The van der Waals surface area contributed by atoms with E-state index < -0.39 is 0 Å². The van der Waals surface area contributed by atoms with E-state index in [1.54, 1.807) is 30.6 Å². The Bertz CT molecular complexity index is 841. The molecule has 1 amide bonds. The van der Waals surface area contributed by atoms with Gasteiger partial charge in [-0.15, -0.1) is 0 Å². The van der Waals surface area contributed by atoms with Crippen LogP contribution in [-0.2, 0) is 0 Å². The van der Waals surface area contributed by atoms with Crippen LogP contribution in [0.5, 0.6) is 0 Å². The highest BCUT2D eigenvalue weighted by Crippen LogP contribution is 2.15. The minimum Gasteiger partial charge on any atom is -0.329 e. The predicted molar refractivity (Wildman–Crippen MR) is 74.6 cm³/mol. The van der Waals surface area contributed by atoms with Crippen LogP contribution >= 0.6 is 0 Å². The van der Waals surface area contributed by atoms with Crippen molar-refractivity contribution < 1.29 is 4.79 Å². The normalized spacial score (nSPS) is 10.4. The fourth-order valence-corrected chi connectivity index (χ4v) is 1.83. The smallest absolute Gasteiger partial charge is 0.255 e. The van der Waals surface area contributed by atoms with Crippen molar-refractivity contribution in [2.75, 3.05) is 5.32 Å². The zero-order valence-corrected chi connectivity index (χ0v) is 10.3. The Morgan fingerprint density at radius 3 is 2.65 bits per heavy atom. The van der Waals surface area contributed by atoms with E-state index in [0.717, 1.165) is 5.52 Å². The molecule has 20 heavy (non-hydrogen) atoms. The topological polar surface area (TPSA) is 87.7 Å². The molecule has 0 aliphatic rings. The highest BCUT2D eigenvalue weighted by atomic mass is 16.2. The van der Waals surface area contributed by atoms with E-state index >= 15 is 0 Å². The van der Waals surface area contributed by atoms with Gasteiger partial charge in [-0.3, -0.25) is 19.6 Å². The van der Waals surface area contributed by atoms with Gasteiger partial charge in [-0.2, -0.15) is 0 Å². The van der Waals surface area contributed by atoms with Crippen molar-refractivity contribution in [3.05, 3.63) is 64.8 Å². The fourth-order valence-electron chi connectivity index (χ4n) is 1.83. The van der Waals surface area contributed by atoms with Crippen molar-refractivity contribution in [3.63, 3.8) is 0 Å². The van der Waals surface area contributed by atoms with Crippen molar-refractivity contribution >= 4 is 22.6 Å². The summed E-state index contributed by atoms with van der Waals surface area (Å²) in [7, 11) is 0. The minimum atomic E-state index is -0.348. The van der Waals surface area contributed by atoms with Crippen LogP contribution in [0.25, 0.3) is 11.0 Å². The number of nitrogens with one attached hydrogen (secondary N) is 2. The second kappa shape index (κ2) is 4.93. The fraction of sp³-hybridized carbons (Fsp3) is 0. The van der Waals surface area contributed by atoms with Gasteiger partial charge >= 0.3 is 0 Å². The average molecular weight is 266 g/mol. The van der Waals surface area contributed by atoms with Crippen LogP contribution in [0.4, 0.5) is 5.69 Å². The molecule has 0 unspecified atom stereocenters. The van der Waals surface area contributed by atoms with Gasteiger partial charge in [0.15, 0.2) is 0 Å². The second-order valence-electron chi connectivity index (χ2n) is 4.16. The summed E-state index contributed by atoms with van der Waals surface area (Å²) < 4.78 is 0. The molecule has 0 aliphatic heterocycles. The lowest BCUT2D eigenvalue weighted by Crippen LogP contribution is -2.15. The van der Waals surface area contributed by atoms with E-state index in [-0.39, 0.29) is 11.5 Å². The molecule has 2 N–H and O–H groups in total. The number of rotatable bonds is 2. The summed E-state index contributed by atoms with van der Waals surface area (Å²) in [4.78, 5) is 33.9. The first-order valence-electron chi connectivity index (χ1n) is 5.93. The molecule has 2 heterocycles. The van der Waals surface area contributed by atoms with Crippen LogP contribution in [0.2, 0.25) is 0 Å². The molecule has 98 valence electrons. The Labute approximate surface area is 113 Å². The lowest BCUT2D eigenvalue weighted by molar-refractivity contribution is 0.102. The molecule has 1 aromatic carbocycles. The molecule has 0 saturated heterocycles. The maximum absolute atomic E-state index is 12.0. The van der Waals surface area contributed by atoms with Crippen LogP contribution < -0.4 is 10.9 Å². The monoisotopic (exact) mass is 266 g/mol. The molecular formula is C14H10N4O2. The van der Waals surface area contributed by atoms with E-state index in [1.807, 2.05) is 0 Å². The third kappa shape index (κ3) is 2.39. The highest BCUT2D eigenvalue weighted by molar-refractivity contribution is 6.04. The molecule has 0 saturated carbocycles. The van der Waals surface area contributed by atoms with Crippen LogP contribution in [0.1, 0.15) is 10.4 Å². The first-order chi connectivity index (χ1) is 9.72. The van der Waals surface area contributed by atoms with E-state index in [9.17, 15) is 9.59 Å². The van der Waals surface area contributed by atoms with Gasteiger partial charge in [0, 0.05) is 35.9 Å². The molecule has 0 bridgehead atoms. The summed E-state index contributed by atoms with van der Waals surface area (Å²) in [5.74, 6) is -0.348. The number of carbonyl (C=O) groups excluding carboxylic acids is 1. The quantitative estimate of drug-likeness (QED) is 0.737.